The van der Waals surface area contributed by atoms with Gasteiger partial charge in [0.1, 0.15) is 11.5 Å². The highest BCUT2D eigenvalue weighted by atomic mass is 16.5. The molecule has 2 aromatic rings. The normalized spacial score (nSPS) is 11.3. The van der Waals surface area contributed by atoms with Crippen LogP contribution in [0.25, 0.3) is 12.2 Å². The molecule has 0 spiro atoms. The minimum atomic E-state index is 0. The summed E-state index contributed by atoms with van der Waals surface area (Å²) >= 11 is 0. The van der Waals surface area contributed by atoms with E-state index in [-0.39, 0.29) is 14.9 Å². The lowest BCUT2D eigenvalue weighted by Gasteiger charge is -2.09. The Morgan fingerprint density at radius 3 is 2.12 bits per heavy atom. The molecule has 0 aliphatic rings. The molecular weight excluding hydrogens is 296 g/mol. The molecule has 0 amide bonds. The standard InChI is InChI=1S/C20H24O2.2CH4/c1-5-15(2)17-9-6-16(7-10-17)8-11-18-14-19(21-3)12-13-20(18)22-4;;/h6-15H,5H2,1-4H3;2*1H4. The Hall–Kier alpha value is -2.22. The second-order valence-corrected chi connectivity index (χ2v) is 5.42. The van der Waals surface area contributed by atoms with Crippen LogP contribution in [0.1, 0.15) is 57.7 Å². The van der Waals surface area contributed by atoms with Crippen LogP contribution in [-0.4, -0.2) is 14.2 Å². The molecule has 2 heteroatoms. The van der Waals surface area contributed by atoms with Gasteiger partial charge in [-0.05, 0) is 41.7 Å². The van der Waals surface area contributed by atoms with Crippen molar-refractivity contribution in [2.45, 2.75) is 41.0 Å². The van der Waals surface area contributed by atoms with Crippen molar-refractivity contribution in [3.63, 3.8) is 0 Å². The summed E-state index contributed by atoms with van der Waals surface area (Å²) in [5.74, 6) is 2.28. The van der Waals surface area contributed by atoms with E-state index < -0.39 is 0 Å². The highest BCUT2D eigenvalue weighted by Crippen LogP contribution is 2.26. The van der Waals surface area contributed by atoms with Crippen LogP contribution in [0.4, 0.5) is 0 Å². The molecule has 0 aromatic heterocycles. The first-order chi connectivity index (χ1) is 10.7. The molecule has 0 heterocycles. The summed E-state index contributed by atoms with van der Waals surface area (Å²) in [6, 6.07) is 14.5. The summed E-state index contributed by atoms with van der Waals surface area (Å²) in [6.45, 7) is 4.47. The van der Waals surface area contributed by atoms with Gasteiger partial charge in [0, 0.05) is 5.56 Å². The Morgan fingerprint density at radius 2 is 1.58 bits per heavy atom. The number of rotatable bonds is 6. The van der Waals surface area contributed by atoms with Crippen molar-refractivity contribution in [2.24, 2.45) is 0 Å². The Labute approximate surface area is 148 Å². The number of benzene rings is 2. The molecule has 0 fully saturated rings. The van der Waals surface area contributed by atoms with Crippen LogP contribution in [0, 0.1) is 0 Å². The third-order valence-corrected chi connectivity index (χ3v) is 4.01. The van der Waals surface area contributed by atoms with E-state index in [2.05, 4.69) is 50.3 Å². The zero-order chi connectivity index (χ0) is 15.9. The van der Waals surface area contributed by atoms with Crippen molar-refractivity contribution in [3.8, 4) is 11.5 Å². The van der Waals surface area contributed by atoms with Crippen molar-refractivity contribution in [2.75, 3.05) is 14.2 Å². The smallest absolute Gasteiger partial charge is 0.126 e. The molecule has 24 heavy (non-hydrogen) atoms. The van der Waals surface area contributed by atoms with Gasteiger partial charge in [-0.25, -0.2) is 0 Å². The molecule has 2 nitrogen and oxygen atoms in total. The van der Waals surface area contributed by atoms with Crippen LogP contribution in [0.3, 0.4) is 0 Å². The summed E-state index contributed by atoms with van der Waals surface area (Å²) < 4.78 is 10.7. The zero-order valence-electron chi connectivity index (χ0n) is 13.8. The van der Waals surface area contributed by atoms with Gasteiger partial charge < -0.3 is 9.47 Å². The number of ether oxygens (including phenoxy) is 2. The van der Waals surface area contributed by atoms with E-state index in [9.17, 15) is 0 Å². The van der Waals surface area contributed by atoms with Gasteiger partial charge in [-0.3, -0.25) is 0 Å². The van der Waals surface area contributed by atoms with Gasteiger partial charge in [0.05, 0.1) is 14.2 Å². The van der Waals surface area contributed by atoms with Crippen LogP contribution in [-0.2, 0) is 0 Å². The average molecular weight is 328 g/mol. The molecule has 2 rings (SSSR count). The van der Waals surface area contributed by atoms with Crippen molar-refractivity contribution in [1.82, 2.24) is 0 Å². The fourth-order valence-corrected chi connectivity index (χ4v) is 2.33. The van der Waals surface area contributed by atoms with Crippen LogP contribution >= 0.6 is 0 Å². The number of hydrogen-bond acceptors (Lipinski definition) is 2. The van der Waals surface area contributed by atoms with Crippen LogP contribution in [0.5, 0.6) is 11.5 Å². The average Bonchev–Trinajstić information content (AvgIpc) is 2.59. The largest absolute Gasteiger partial charge is 0.497 e. The van der Waals surface area contributed by atoms with Gasteiger partial charge in [0.2, 0.25) is 0 Å². The predicted molar refractivity (Wildman–Crippen MR) is 107 cm³/mol. The highest BCUT2D eigenvalue weighted by molar-refractivity contribution is 5.73. The minimum absolute atomic E-state index is 0. The van der Waals surface area contributed by atoms with Gasteiger partial charge in [-0.2, -0.15) is 0 Å². The first kappa shape index (κ1) is 21.8. The molecule has 0 aliphatic heterocycles. The summed E-state index contributed by atoms with van der Waals surface area (Å²) in [5, 5.41) is 0. The lowest BCUT2D eigenvalue weighted by atomic mass is 9.97. The number of methoxy groups -OCH3 is 2. The third-order valence-electron chi connectivity index (χ3n) is 4.01. The second kappa shape index (κ2) is 10.5. The molecule has 0 bridgehead atoms. The number of hydrogen-bond donors (Lipinski definition) is 0. The Balaban J connectivity index is 0.00000264. The minimum Gasteiger partial charge on any atom is -0.497 e. The van der Waals surface area contributed by atoms with Crippen LogP contribution in [0.15, 0.2) is 42.5 Å². The van der Waals surface area contributed by atoms with E-state index in [4.69, 9.17) is 9.47 Å². The summed E-state index contributed by atoms with van der Waals surface area (Å²) in [7, 11) is 3.35. The maximum absolute atomic E-state index is 5.39. The van der Waals surface area contributed by atoms with Gasteiger partial charge in [0.15, 0.2) is 0 Å². The van der Waals surface area contributed by atoms with E-state index >= 15 is 0 Å². The van der Waals surface area contributed by atoms with Crippen LogP contribution < -0.4 is 9.47 Å². The molecule has 0 aliphatic carbocycles. The van der Waals surface area contributed by atoms with Crippen molar-refractivity contribution < 1.29 is 9.47 Å². The molecule has 132 valence electrons. The molecule has 1 unspecified atom stereocenters. The SMILES string of the molecule is C.C.CCC(C)c1ccc(C=Cc2cc(OC)ccc2OC)cc1. The van der Waals surface area contributed by atoms with E-state index in [1.54, 1.807) is 14.2 Å². The monoisotopic (exact) mass is 328 g/mol. The van der Waals surface area contributed by atoms with E-state index in [0.29, 0.717) is 5.92 Å². The fraction of sp³-hybridized carbons (Fsp3) is 0.364. The van der Waals surface area contributed by atoms with Crippen molar-refractivity contribution in [3.05, 3.63) is 59.2 Å². The summed E-state index contributed by atoms with van der Waals surface area (Å²) in [5.41, 5.74) is 3.57. The molecule has 0 radical (unpaired) electrons. The fourth-order valence-electron chi connectivity index (χ4n) is 2.33. The second-order valence-electron chi connectivity index (χ2n) is 5.42. The summed E-state index contributed by atoms with van der Waals surface area (Å²) in [4.78, 5) is 0. The van der Waals surface area contributed by atoms with Gasteiger partial charge in [-0.15, -0.1) is 0 Å². The Kier molecular flexibility index (Phi) is 9.56. The maximum atomic E-state index is 5.39. The Morgan fingerprint density at radius 1 is 0.917 bits per heavy atom. The molecular formula is C22H32O2. The first-order valence-corrected chi connectivity index (χ1v) is 7.68. The predicted octanol–water partition coefficient (Wildman–Crippen LogP) is 6.66. The maximum Gasteiger partial charge on any atom is 0.126 e. The molecule has 2 aromatic carbocycles. The van der Waals surface area contributed by atoms with Crippen LogP contribution in [0.2, 0.25) is 0 Å². The first-order valence-electron chi connectivity index (χ1n) is 7.68. The Bertz CT molecular complexity index is 627. The van der Waals surface area contributed by atoms with Crippen molar-refractivity contribution >= 4 is 12.2 Å². The topological polar surface area (TPSA) is 18.5 Å². The molecule has 0 saturated heterocycles. The summed E-state index contributed by atoms with van der Waals surface area (Å²) in [6.07, 6.45) is 5.31. The highest BCUT2D eigenvalue weighted by Gasteiger charge is 2.03. The van der Waals surface area contributed by atoms with Gasteiger partial charge in [-0.1, -0.05) is 65.1 Å². The van der Waals surface area contributed by atoms with Gasteiger partial charge >= 0.3 is 0 Å². The molecule has 0 N–H and O–H groups in total. The molecule has 0 saturated carbocycles. The lowest BCUT2D eigenvalue weighted by Crippen LogP contribution is -1.90. The third kappa shape index (κ3) is 5.45. The molecule has 1 atom stereocenters. The zero-order valence-corrected chi connectivity index (χ0v) is 13.8. The van der Waals surface area contributed by atoms with E-state index in [0.717, 1.165) is 23.5 Å². The van der Waals surface area contributed by atoms with E-state index in [1.807, 2.05) is 18.2 Å². The quantitative estimate of drug-likeness (QED) is 0.552. The van der Waals surface area contributed by atoms with Gasteiger partial charge in [0.25, 0.3) is 0 Å². The van der Waals surface area contributed by atoms with Crippen molar-refractivity contribution in [1.29, 1.82) is 0 Å². The lowest BCUT2D eigenvalue weighted by molar-refractivity contribution is 0.402. The van der Waals surface area contributed by atoms with E-state index in [1.165, 1.54) is 11.1 Å².